The lowest BCUT2D eigenvalue weighted by molar-refractivity contribution is 0.0850. The SMILES string of the molecule is CC(CN1CCCC(Oc2cccc(C(=O)NCCN3CCCCC3)c2)C1)c1ccccc1. The van der Waals surface area contributed by atoms with Crippen molar-refractivity contribution in [2.75, 3.05) is 45.8 Å². The summed E-state index contributed by atoms with van der Waals surface area (Å²) in [5.74, 6) is 1.28. The first kappa shape index (κ1) is 23.8. The summed E-state index contributed by atoms with van der Waals surface area (Å²) in [6, 6.07) is 18.4. The number of hydrogen-bond donors (Lipinski definition) is 1. The summed E-state index contributed by atoms with van der Waals surface area (Å²) in [6.45, 7) is 9.34. The number of carbonyl (C=O) groups excluding carboxylic acids is 1. The number of nitrogens with one attached hydrogen (secondary N) is 1. The molecule has 0 bridgehead atoms. The third kappa shape index (κ3) is 7.31. The Kier molecular flexibility index (Phi) is 8.79. The Labute approximate surface area is 199 Å². The molecule has 2 aromatic rings. The van der Waals surface area contributed by atoms with Crippen molar-refractivity contribution >= 4 is 5.91 Å². The highest BCUT2D eigenvalue weighted by Crippen LogP contribution is 2.23. The van der Waals surface area contributed by atoms with Gasteiger partial charge in [0.1, 0.15) is 11.9 Å². The summed E-state index contributed by atoms with van der Waals surface area (Å²) in [5.41, 5.74) is 2.07. The lowest BCUT2D eigenvalue weighted by Crippen LogP contribution is -2.42. The summed E-state index contributed by atoms with van der Waals surface area (Å²) in [5, 5.41) is 3.08. The van der Waals surface area contributed by atoms with Crippen molar-refractivity contribution in [2.45, 2.75) is 51.0 Å². The molecule has 0 saturated carbocycles. The van der Waals surface area contributed by atoms with Gasteiger partial charge >= 0.3 is 0 Å². The van der Waals surface area contributed by atoms with Crippen LogP contribution in [0.5, 0.6) is 5.75 Å². The Balaban J connectivity index is 1.25. The first-order valence-corrected chi connectivity index (χ1v) is 12.7. The minimum atomic E-state index is -0.0144. The van der Waals surface area contributed by atoms with Gasteiger partial charge in [0.25, 0.3) is 5.91 Å². The number of hydrogen-bond acceptors (Lipinski definition) is 4. The Morgan fingerprint density at radius 2 is 1.79 bits per heavy atom. The highest BCUT2D eigenvalue weighted by atomic mass is 16.5. The van der Waals surface area contributed by atoms with E-state index >= 15 is 0 Å². The van der Waals surface area contributed by atoms with Crippen molar-refractivity contribution in [1.82, 2.24) is 15.1 Å². The van der Waals surface area contributed by atoms with Gasteiger partial charge in [0.05, 0.1) is 0 Å². The lowest BCUT2D eigenvalue weighted by Gasteiger charge is -2.34. The number of amides is 1. The zero-order valence-corrected chi connectivity index (χ0v) is 20.0. The monoisotopic (exact) mass is 449 g/mol. The molecule has 2 saturated heterocycles. The van der Waals surface area contributed by atoms with Crippen LogP contribution in [0.25, 0.3) is 0 Å². The summed E-state index contributed by atoms with van der Waals surface area (Å²) < 4.78 is 6.33. The second kappa shape index (κ2) is 12.2. The molecule has 2 unspecified atom stereocenters. The van der Waals surface area contributed by atoms with Gasteiger partial charge in [-0.05, 0) is 75.0 Å². The lowest BCUT2D eigenvalue weighted by atomic mass is 9.99. The fourth-order valence-corrected chi connectivity index (χ4v) is 5.07. The highest BCUT2D eigenvalue weighted by molar-refractivity contribution is 5.94. The van der Waals surface area contributed by atoms with Crippen molar-refractivity contribution in [1.29, 1.82) is 0 Å². The van der Waals surface area contributed by atoms with Crippen LogP contribution < -0.4 is 10.1 Å². The second-order valence-corrected chi connectivity index (χ2v) is 9.64. The average Bonchev–Trinajstić information content (AvgIpc) is 2.85. The molecule has 4 rings (SSSR count). The summed E-state index contributed by atoms with van der Waals surface area (Å²) >= 11 is 0. The summed E-state index contributed by atoms with van der Waals surface area (Å²) in [7, 11) is 0. The maximum Gasteiger partial charge on any atom is 0.251 e. The predicted molar refractivity (Wildman–Crippen MR) is 134 cm³/mol. The van der Waals surface area contributed by atoms with Gasteiger partial charge in [-0.2, -0.15) is 0 Å². The molecule has 0 spiro atoms. The maximum atomic E-state index is 12.6. The quantitative estimate of drug-likeness (QED) is 0.610. The van der Waals surface area contributed by atoms with E-state index in [-0.39, 0.29) is 12.0 Å². The Morgan fingerprint density at radius 1 is 1.00 bits per heavy atom. The molecule has 1 N–H and O–H groups in total. The van der Waals surface area contributed by atoms with Crippen LogP contribution in [0.1, 0.15) is 60.9 Å². The van der Waals surface area contributed by atoms with Gasteiger partial charge < -0.3 is 15.0 Å². The van der Waals surface area contributed by atoms with Crippen LogP contribution >= 0.6 is 0 Å². The maximum absolute atomic E-state index is 12.6. The molecule has 0 radical (unpaired) electrons. The van der Waals surface area contributed by atoms with Crippen LogP contribution in [0.4, 0.5) is 0 Å². The zero-order valence-electron chi connectivity index (χ0n) is 20.0. The Hall–Kier alpha value is -2.37. The van der Waals surface area contributed by atoms with E-state index in [0.717, 1.165) is 57.9 Å². The number of nitrogens with zero attached hydrogens (tertiary/aromatic N) is 2. The smallest absolute Gasteiger partial charge is 0.251 e. The van der Waals surface area contributed by atoms with Crippen LogP contribution in [0.3, 0.4) is 0 Å². The number of rotatable bonds is 9. The third-order valence-electron chi connectivity index (χ3n) is 6.92. The molecule has 0 aliphatic carbocycles. The third-order valence-corrected chi connectivity index (χ3v) is 6.92. The summed E-state index contributed by atoms with van der Waals surface area (Å²) in [4.78, 5) is 17.6. The van der Waals surface area contributed by atoms with Gasteiger partial charge in [-0.25, -0.2) is 0 Å². The van der Waals surface area contributed by atoms with E-state index < -0.39 is 0 Å². The van der Waals surface area contributed by atoms with Crippen molar-refractivity contribution in [3.63, 3.8) is 0 Å². The number of benzene rings is 2. The summed E-state index contributed by atoms with van der Waals surface area (Å²) in [6.07, 6.45) is 6.25. The molecule has 2 atom stereocenters. The average molecular weight is 450 g/mol. The molecule has 2 aliphatic heterocycles. The molecule has 5 nitrogen and oxygen atoms in total. The molecule has 2 aliphatic rings. The number of carbonyl (C=O) groups is 1. The normalized spacial score (nSPS) is 20.8. The van der Waals surface area contributed by atoms with Gasteiger partial charge in [-0.15, -0.1) is 0 Å². The fraction of sp³-hybridized carbons (Fsp3) is 0.536. The molecule has 2 heterocycles. The Bertz CT molecular complexity index is 866. The van der Waals surface area contributed by atoms with Crippen LogP contribution in [-0.2, 0) is 0 Å². The van der Waals surface area contributed by atoms with Crippen LogP contribution in [-0.4, -0.2) is 67.6 Å². The molecular formula is C28H39N3O2. The van der Waals surface area contributed by atoms with Gasteiger partial charge in [-0.3, -0.25) is 9.69 Å². The van der Waals surface area contributed by atoms with Crippen molar-refractivity contribution in [3.05, 3.63) is 65.7 Å². The van der Waals surface area contributed by atoms with Gasteiger partial charge in [0.2, 0.25) is 0 Å². The Morgan fingerprint density at radius 3 is 2.61 bits per heavy atom. The minimum Gasteiger partial charge on any atom is -0.489 e. The zero-order chi connectivity index (χ0) is 22.9. The molecule has 33 heavy (non-hydrogen) atoms. The van der Waals surface area contributed by atoms with E-state index in [0.29, 0.717) is 18.0 Å². The molecule has 2 aromatic carbocycles. The number of piperidine rings is 2. The van der Waals surface area contributed by atoms with E-state index in [2.05, 4.69) is 52.4 Å². The second-order valence-electron chi connectivity index (χ2n) is 9.64. The van der Waals surface area contributed by atoms with Gasteiger partial charge in [0.15, 0.2) is 0 Å². The first-order valence-electron chi connectivity index (χ1n) is 12.7. The van der Waals surface area contributed by atoms with Gasteiger partial charge in [-0.1, -0.05) is 49.7 Å². The minimum absolute atomic E-state index is 0.0144. The first-order chi connectivity index (χ1) is 16.2. The molecule has 1 amide bonds. The molecular weight excluding hydrogens is 410 g/mol. The van der Waals surface area contributed by atoms with Crippen molar-refractivity contribution < 1.29 is 9.53 Å². The van der Waals surface area contributed by atoms with E-state index in [1.807, 2.05) is 24.3 Å². The standard InChI is InChI=1S/C28H39N3O2/c1-23(24-10-4-2-5-11-24)21-31-18-9-14-27(22-31)33-26-13-8-12-25(20-26)28(32)29-15-19-30-16-6-3-7-17-30/h2,4-5,8,10-13,20,23,27H,3,6-7,9,14-19,21-22H2,1H3,(H,29,32). The predicted octanol–water partition coefficient (Wildman–Crippen LogP) is 4.55. The van der Waals surface area contributed by atoms with E-state index in [4.69, 9.17) is 4.74 Å². The van der Waals surface area contributed by atoms with Crippen LogP contribution in [0, 0.1) is 0 Å². The molecule has 5 heteroatoms. The topological polar surface area (TPSA) is 44.8 Å². The van der Waals surface area contributed by atoms with Gasteiger partial charge in [0, 0.05) is 31.7 Å². The molecule has 2 fully saturated rings. The van der Waals surface area contributed by atoms with Crippen LogP contribution in [0.2, 0.25) is 0 Å². The highest BCUT2D eigenvalue weighted by Gasteiger charge is 2.23. The molecule has 0 aromatic heterocycles. The fourth-order valence-electron chi connectivity index (χ4n) is 5.07. The molecule has 178 valence electrons. The number of likely N-dealkylation sites (tertiary alicyclic amines) is 2. The van der Waals surface area contributed by atoms with E-state index in [1.165, 1.54) is 24.8 Å². The van der Waals surface area contributed by atoms with Crippen molar-refractivity contribution in [2.24, 2.45) is 0 Å². The van der Waals surface area contributed by atoms with Crippen LogP contribution in [0.15, 0.2) is 54.6 Å². The van der Waals surface area contributed by atoms with E-state index in [1.54, 1.807) is 0 Å². The number of ether oxygens (including phenoxy) is 1. The van der Waals surface area contributed by atoms with E-state index in [9.17, 15) is 4.79 Å². The van der Waals surface area contributed by atoms with Crippen molar-refractivity contribution in [3.8, 4) is 5.75 Å². The largest absolute Gasteiger partial charge is 0.489 e.